The topological polar surface area (TPSA) is 62.1 Å². The lowest BCUT2D eigenvalue weighted by Gasteiger charge is -2.10. The largest absolute Gasteiger partial charge is 0.493 e. The number of aromatic nitrogens is 4. The lowest BCUT2D eigenvalue weighted by molar-refractivity contribution is -0.142. The SMILES string of the molecule is CCOc1ccc(-c2nc(CSc3nncn3CC(F)(F)F)cs2)cc1OC. The predicted octanol–water partition coefficient (Wildman–Crippen LogP) is 4.66. The summed E-state index contributed by atoms with van der Waals surface area (Å²) in [5.74, 6) is 1.66. The van der Waals surface area contributed by atoms with Crippen LogP contribution >= 0.6 is 23.1 Å². The molecule has 0 unspecified atom stereocenters. The molecule has 0 saturated carbocycles. The molecule has 1 aromatic carbocycles. The molecule has 0 fully saturated rings. The average Bonchev–Trinajstić information content (AvgIpc) is 3.28. The van der Waals surface area contributed by atoms with Crippen molar-refractivity contribution in [3.63, 3.8) is 0 Å². The lowest BCUT2D eigenvalue weighted by Crippen LogP contribution is -2.17. The van der Waals surface area contributed by atoms with Crippen molar-refractivity contribution < 1.29 is 22.6 Å². The first-order chi connectivity index (χ1) is 13.4. The number of methoxy groups -OCH3 is 1. The van der Waals surface area contributed by atoms with Crippen LogP contribution in [0.5, 0.6) is 11.5 Å². The van der Waals surface area contributed by atoms with Crippen molar-refractivity contribution in [2.24, 2.45) is 0 Å². The highest BCUT2D eigenvalue weighted by atomic mass is 32.2. The summed E-state index contributed by atoms with van der Waals surface area (Å²) in [6.07, 6.45) is -3.24. The van der Waals surface area contributed by atoms with Crippen LogP contribution in [0.1, 0.15) is 12.6 Å². The average molecular weight is 430 g/mol. The van der Waals surface area contributed by atoms with Crippen LogP contribution < -0.4 is 9.47 Å². The molecule has 0 amide bonds. The van der Waals surface area contributed by atoms with Crippen LogP contribution in [-0.2, 0) is 12.3 Å². The fourth-order valence-electron chi connectivity index (χ4n) is 2.38. The summed E-state index contributed by atoms with van der Waals surface area (Å²) in [5, 5.41) is 10.2. The minimum Gasteiger partial charge on any atom is -0.493 e. The van der Waals surface area contributed by atoms with Gasteiger partial charge in [-0.15, -0.1) is 21.5 Å². The van der Waals surface area contributed by atoms with E-state index in [0.29, 0.717) is 23.9 Å². The molecule has 0 spiro atoms. The van der Waals surface area contributed by atoms with Gasteiger partial charge in [0.25, 0.3) is 0 Å². The van der Waals surface area contributed by atoms with Crippen LogP contribution in [0.3, 0.4) is 0 Å². The maximum absolute atomic E-state index is 12.6. The van der Waals surface area contributed by atoms with Crippen LogP contribution in [0.25, 0.3) is 10.6 Å². The summed E-state index contributed by atoms with van der Waals surface area (Å²) in [6, 6.07) is 5.57. The number of hydrogen-bond acceptors (Lipinski definition) is 7. The monoisotopic (exact) mass is 430 g/mol. The number of alkyl halides is 3. The molecule has 0 atom stereocenters. The Morgan fingerprint density at radius 1 is 1.25 bits per heavy atom. The van der Waals surface area contributed by atoms with Gasteiger partial charge in [0.05, 0.1) is 19.4 Å². The highest BCUT2D eigenvalue weighted by Gasteiger charge is 2.29. The quantitative estimate of drug-likeness (QED) is 0.484. The first-order valence-corrected chi connectivity index (χ1v) is 10.1. The molecule has 0 bridgehead atoms. The van der Waals surface area contributed by atoms with E-state index in [9.17, 15) is 13.2 Å². The van der Waals surface area contributed by atoms with Crippen LogP contribution in [0.4, 0.5) is 13.2 Å². The van der Waals surface area contributed by atoms with Crippen LogP contribution in [0, 0.1) is 0 Å². The molecule has 0 radical (unpaired) electrons. The normalized spacial score (nSPS) is 11.6. The van der Waals surface area contributed by atoms with Gasteiger partial charge >= 0.3 is 6.18 Å². The van der Waals surface area contributed by atoms with Gasteiger partial charge in [0, 0.05) is 16.7 Å². The van der Waals surface area contributed by atoms with E-state index in [1.54, 1.807) is 7.11 Å². The van der Waals surface area contributed by atoms with Crippen molar-refractivity contribution in [2.45, 2.75) is 30.6 Å². The van der Waals surface area contributed by atoms with Crippen LogP contribution in [0.2, 0.25) is 0 Å². The van der Waals surface area contributed by atoms with Gasteiger partial charge < -0.3 is 9.47 Å². The van der Waals surface area contributed by atoms with Crippen LogP contribution in [-0.4, -0.2) is 39.6 Å². The Bertz CT molecular complexity index is 927. The van der Waals surface area contributed by atoms with E-state index in [1.807, 2.05) is 30.5 Å². The number of hydrogen-bond donors (Lipinski definition) is 0. The molecular formula is C17H17F3N4O2S2. The molecule has 11 heteroatoms. The van der Waals surface area contributed by atoms with Crippen molar-refractivity contribution in [3.05, 3.63) is 35.6 Å². The molecule has 0 aliphatic heterocycles. The second-order valence-corrected chi connectivity index (χ2v) is 7.39. The van der Waals surface area contributed by atoms with Crippen molar-refractivity contribution in [1.82, 2.24) is 19.7 Å². The van der Waals surface area contributed by atoms with E-state index < -0.39 is 12.7 Å². The van der Waals surface area contributed by atoms with Gasteiger partial charge in [0.2, 0.25) is 0 Å². The van der Waals surface area contributed by atoms with Gasteiger partial charge in [-0.25, -0.2) is 4.98 Å². The zero-order chi connectivity index (χ0) is 20.1. The predicted molar refractivity (Wildman–Crippen MR) is 101 cm³/mol. The molecular weight excluding hydrogens is 413 g/mol. The number of thioether (sulfide) groups is 1. The number of benzene rings is 1. The van der Waals surface area contributed by atoms with E-state index in [-0.39, 0.29) is 5.16 Å². The van der Waals surface area contributed by atoms with Gasteiger partial charge in [0.1, 0.15) is 17.9 Å². The Labute approximate surface area is 167 Å². The summed E-state index contributed by atoms with van der Waals surface area (Å²) in [4.78, 5) is 4.56. The fraction of sp³-hybridized carbons (Fsp3) is 0.353. The standard InChI is InChI=1S/C17H17F3N4O2S2/c1-3-26-13-5-4-11(6-14(13)25-2)15-22-12(7-27-15)8-28-16-23-21-10-24(16)9-17(18,19)20/h4-7,10H,3,8-9H2,1-2H3. The highest BCUT2D eigenvalue weighted by molar-refractivity contribution is 7.98. The summed E-state index contributed by atoms with van der Waals surface area (Å²) >= 11 is 2.61. The smallest absolute Gasteiger partial charge is 0.406 e. The second-order valence-electron chi connectivity index (χ2n) is 5.59. The van der Waals surface area contributed by atoms with Crippen molar-refractivity contribution >= 4 is 23.1 Å². The van der Waals surface area contributed by atoms with Gasteiger partial charge in [0.15, 0.2) is 16.7 Å². The first-order valence-electron chi connectivity index (χ1n) is 8.22. The molecule has 2 aromatic heterocycles. The Hall–Kier alpha value is -2.27. The van der Waals surface area contributed by atoms with Crippen molar-refractivity contribution in [3.8, 4) is 22.1 Å². The maximum atomic E-state index is 12.6. The summed E-state index contributed by atoms with van der Waals surface area (Å²) in [5.41, 5.74) is 1.63. The minimum atomic E-state index is -4.32. The Morgan fingerprint density at radius 3 is 2.79 bits per heavy atom. The maximum Gasteiger partial charge on any atom is 0.406 e. The number of halogens is 3. The van der Waals surface area contributed by atoms with E-state index in [0.717, 1.165) is 38.9 Å². The third kappa shape index (κ3) is 5.16. The number of rotatable bonds is 8. The summed E-state index contributed by atoms with van der Waals surface area (Å²) in [7, 11) is 1.57. The number of nitrogens with zero attached hydrogens (tertiary/aromatic N) is 4. The van der Waals surface area contributed by atoms with E-state index in [1.165, 1.54) is 11.3 Å². The summed E-state index contributed by atoms with van der Waals surface area (Å²) < 4.78 is 49.6. The van der Waals surface area contributed by atoms with Gasteiger partial charge in [-0.2, -0.15) is 13.2 Å². The first kappa shape index (κ1) is 20.5. The molecule has 3 rings (SSSR count). The molecule has 28 heavy (non-hydrogen) atoms. The van der Waals surface area contributed by atoms with Crippen molar-refractivity contribution in [1.29, 1.82) is 0 Å². The van der Waals surface area contributed by atoms with Gasteiger partial charge in [-0.3, -0.25) is 4.57 Å². The van der Waals surface area contributed by atoms with E-state index in [2.05, 4.69) is 15.2 Å². The summed E-state index contributed by atoms with van der Waals surface area (Å²) in [6.45, 7) is 1.32. The van der Waals surface area contributed by atoms with Crippen molar-refractivity contribution in [2.75, 3.05) is 13.7 Å². The van der Waals surface area contributed by atoms with Gasteiger partial charge in [-0.1, -0.05) is 11.8 Å². The third-order valence-electron chi connectivity index (χ3n) is 3.54. The Balaban J connectivity index is 1.69. The lowest BCUT2D eigenvalue weighted by atomic mass is 10.2. The molecule has 6 nitrogen and oxygen atoms in total. The zero-order valence-electron chi connectivity index (χ0n) is 15.1. The second kappa shape index (κ2) is 8.82. The Kier molecular flexibility index (Phi) is 6.45. The molecule has 3 aromatic rings. The number of thiazole rings is 1. The zero-order valence-corrected chi connectivity index (χ0v) is 16.7. The van der Waals surface area contributed by atoms with Gasteiger partial charge in [-0.05, 0) is 25.1 Å². The Morgan fingerprint density at radius 2 is 2.07 bits per heavy atom. The third-order valence-corrected chi connectivity index (χ3v) is 5.50. The molecule has 0 aliphatic rings. The minimum absolute atomic E-state index is 0.203. The van der Waals surface area contributed by atoms with Crippen LogP contribution in [0.15, 0.2) is 35.1 Å². The number of ether oxygens (including phenoxy) is 2. The fourth-order valence-corrected chi connectivity index (χ4v) is 4.11. The molecule has 2 heterocycles. The molecule has 0 aliphatic carbocycles. The van der Waals surface area contributed by atoms with E-state index >= 15 is 0 Å². The highest BCUT2D eigenvalue weighted by Crippen LogP contribution is 2.34. The molecule has 0 N–H and O–H groups in total. The molecule has 150 valence electrons. The molecule has 0 saturated heterocycles. The van der Waals surface area contributed by atoms with E-state index in [4.69, 9.17) is 9.47 Å².